The summed E-state index contributed by atoms with van der Waals surface area (Å²) in [5.74, 6) is -0.0530. The number of benzene rings is 1. The van der Waals surface area contributed by atoms with Gasteiger partial charge >= 0.3 is 0 Å². The lowest BCUT2D eigenvalue weighted by molar-refractivity contribution is -0.115. The summed E-state index contributed by atoms with van der Waals surface area (Å²) in [5.41, 5.74) is 6.37. The highest BCUT2D eigenvalue weighted by Crippen LogP contribution is 2.38. The van der Waals surface area contributed by atoms with Gasteiger partial charge in [-0.25, -0.2) is 4.98 Å². The second-order valence-corrected chi connectivity index (χ2v) is 10.6. The molecule has 3 aromatic rings. The van der Waals surface area contributed by atoms with E-state index >= 15 is 0 Å². The summed E-state index contributed by atoms with van der Waals surface area (Å²) < 4.78 is 0. The number of pyridine rings is 1. The third kappa shape index (κ3) is 4.35. The molecule has 0 saturated heterocycles. The molecule has 160 valence electrons. The first-order valence-electron chi connectivity index (χ1n) is 10.8. The molecule has 0 aliphatic heterocycles. The normalized spacial score (nSPS) is 14.2. The number of thioether (sulfide) groups is 1. The highest BCUT2D eigenvalue weighted by Gasteiger charge is 2.25. The van der Waals surface area contributed by atoms with Gasteiger partial charge < -0.3 is 5.32 Å². The molecule has 1 unspecified atom stereocenters. The molecule has 0 spiro atoms. The highest BCUT2D eigenvalue weighted by atomic mass is 32.2. The van der Waals surface area contributed by atoms with Gasteiger partial charge in [0.05, 0.1) is 21.4 Å². The molecule has 2 heterocycles. The molecule has 0 fully saturated rings. The predicted octanol–water partition coefficient (Wildman–Crippen LogP) is 6.48. The number of thiophene rings is 1. The number of carbonyl (C=O) groups is 1. The zero-order valence-corrected chi connectivity index (χ0v) is 20.1. The first-order chi connectivity index (χ1) is 14.9. The van der Waals surface area contributed by atoms with E-state index in [1.165, 1.54) is 33.2 Å². The average Bonchev–Trinajstić information content (AvgIpc) is 3.09. The number of fused-ring (bicyclic) bond motifs is 2. The largest absolute Gasteiger partial charge is 0.316 e. The molecule has 1 N–H and O–H groups in total. The topological polar surface area (TPSA) is 65.8 Å². The first kappa shape index (κ1) is 21.9. The van der Waals surface area contributed by atoms with E-state index in [-0.39, 0.29) is 11.2 Å². The van der Waals surface area contributed by atoms with E-state index in [4.69, 9.17) is 4.98 Å². The quantitative estimate of drug-likeness (QED) is 0.453. The van der Waals surface area contributed by atoms with Crippen LogP contribution in [0.1, 0.15) is 58.9 Å². The molecular formula is C25H27N3OS2. The maximum absolute atomic E-state index is 13.1. The van der Waals surface area contributed by atoms with Crippen LogP contribution in [-0.2, 0) is 17.6 Å². The summed E-state index contributed by atoms with van der Waals surface area (Å²) in [5, 5.41) is 15.2. The SMILES string of the molecule is CCC(Sc1cc(C)c2cc(C)cc(C)c2n1)C(=O)Nc1sc2c(c1C#N)CCCC2. The van der Waals surface area contributed by atoms with E-state index in [1.54, 1.807) is 11.3 Å². The Kier molecular flexibility index (Phi) is 6.36. The summed E-state index contributed by atoms with van der Waals surface area (Å²) in [6.45, 7) is 8.31. The number of aromatic nitrogens is 1. The third-order valence-electron chi connectivity index (χ3n) is 5.88. The van der Waals surface area contributed by atoms with Crippen molar-refractivity contribution in [3.8, 4) is 6.07 Å². The number of rotatable bonds is 5. The number of hydrogen-bond acceptors (Lipinski definition) is 5. The Hall–Kier alpha value is -2.36. The second-order valence-electron chi connectivity index (χ2n) is 8.29. The lowest BCUT2D eigenvalue weighted by Crippen LogP contribution is -2.24. The Balaban J connectivity index is 1.58. The van der Waals surface area contributed by atoms with E-state index in [9.17, 15) is 10.1 Å². The molecular weight excluding hydrogens is 422 g/mol. The summed E-state index contributed by atoms with van der Waals surface area (Å²) in [6, 6.07) is 8.73. The fraction of sp³-hybridized carbons (Fsp3) is 0.400. The molecule has 0 bridgehead atoms. The van der Waals surface area contributed by atoms with E-state index in [2.05, 4.69) is 50.4 Å². The molecule has 1 aliphatic rings. The fourth-order valence-electron chi connectivity index (χ4n) is 4.31. The molecule has 0 saturated carbocycles. The van der Waals surface area contributed by atoms with Crippen LogP contribution in [0, 0.1) is 32.1 Å². The van der Waals surface area contributed by atoms with Crippen LogP contribution in [0.15, 0.2) is 23.2 Å². The number of amides is 1. The van der Waals surface area contributed by atoms with E-state index in [0.29, 0.717) is 17.0 Å². The summed E-state index contributed by atoms with van der Waals surface area (Å²) in [7, 11) is 0. The third-order valence-corrected chi connectivity index (χ3v) is 8.37. The van der Waals surface area contributed by atoms with Gasteiger partial charge in [-0.2, -0.15) is 5.26 Å². The molecule has 31 heavy (non-hydrogen) atoms. The number of aryl methyl sites for hydroxylation is 4. The predicted molar refractivity (Wildman–Crippen MR) is 130 cm³/mol. The van der Waals surface area contributed by atoms with Gasteiger partial charge in [0, 0.05) is 10.3 Å². The van der Waals surface area contributed by atoms with Crippen LogP contribution in [0.25, 0.3) is 10.9 Å². The van der Waals surface area contributed by atoms with Crippen LogP contribution < -0.4 is 5.32 Å². The molecule has 1 aliphatic carbocycles. The smallest absolute Gasteiger partial charge is 0.238 e. The van der Waals surface area contributed by atoms with Gasteiger partial charge in [0.25, 0.3) is 0 Å². The van der Waals surface area contributed by atoms with Gasteiger partial charge in [-0.05, 0) is 81.7 Å². The molecule has 1 aromatic carbocycles. The van der Waals surface area contributed by atoms with Crippen molar-refractivity contribution >= 4 is 44.9 Å². The maximum atomic E-state index is 13.1. The van der Waals surface area contributed by atoms with Crippen LogP contribution >= 0.6 is 23.1 Å². The van der Waals surface area contributed by atoms with Crippen molar-refractivity contribution in [2.45, 2.75) is 70.1 Å². The van der Waals surface area contributed by atoms with E-state index < -0.39 is 0 Å². The van der Waals surface area contributed by atoms with Crippen molar-refractivity contribution in [1.29, 1.82) is 5.26 Å². The minimum atomic E-state index is -0.263. The van der Waals surface area contributed by atoms with Crippen molar-refractivity contribution < 1.29 is 4.79 Å². The van der Waals surface area contributed by atoms with Gasteiger partial charge in [0.1, 0.15) is 11.1 Å². The number of hydrogen-bond donors (Lipinski definition) is 1. The molecule has 0 radical (unpaired) electrons. The monoisotopic (exact) mass is 449 g/mol. The maximum Gasteiger partial charge on any atom is 0.238 e. The van der Waals surface area contributed by atoms with Crippen molar-refractivity contribution in [3.63, 3.8) is 0 Å². The number of nitriles is 1. The lowest BCUT2D eigenvalue weighted by atomic mass is 9.96. The Morgan fingerprint density at radius 3 is 2.74 bits per heavy atom. The highest BCUT2D eigenvalue weighted by molar-refractivity contribution is 8.00. The fourth-order valence-corrected chi connectivity index (χ4v) is 6.56. The molecule has 4 nitrogen and oxygen atoms in total. The zero-order chi connectivity index (χ0) is 22.1. The average molecular weight is 450 g/mol. The number of nitrogens with zero attached hydrogens (tertiary/aromatic N) is 2. The van der Waals surface area contributed by atoms with E-state index in [0.717, 1.165) is 47.4 Å². The van der Waals surface area contributed by atoms with Crippen LogP contribution in [0.4, 0.5) is 5.00 Å². The van der Waals surface area contributed by atoms with Crippen molar-refractivity contribution in [3.05, 3.63) is 50.9 Å². The van der Waals surface area contributed by atoms with Gasteiger partial charge in [0.2, 0.25) is 5.91 Å². The van der Waals surface area contributed by atoms with Gasteiger partial charge in [0.15, 0.2) is 0 Å². The van der Waals surface area contributed by atoms with Crippen LogP contribution in [0.2, 0.25) is 0 Å². The van der Waals surface area contributed by atoms with Crippen molar-refractivity contribution in [2.75, 3.05) is 5.32 Å². The minimum Gasteiger partial charge on any atom is -0.316 e. The van der Waals surface area contributed by atoms with Gasteiger partial charge in [-0.1, -0.05) is 30.3 Å². The van der Waals surface area contributed by atoms with Crippen LogP contribution in [0.5, 0.6) is 0 Å². The second kappa shape index (κ2) is 9.02. The molecule has 2 aromatic heterocycles. The van der Waals surface area contributed by atoms with Gasteiger partial charge in [-0.3, -0.25) is 4.79 Å². The van der Waals surface area contributed by atoms with E-state index in [1.807, 2.05) is 6.92 Å². The number of nitrogens with one attached hydrogen (secondary N) is 1. The standard InChI is InChI=1S/C25H27N3OS2/c1-5-20(24(29)28-25-19(13-26)17-8-6-7-9-21(17)31-25)30-22-12-15(3)18-11-14(2)10-16(4)23(18)27-22/h10-12,20H,5-9H2,1-4H3,(H,28,29). The lowest BCUT2D eigenvalue weighted by Gasteiger charge is -2.15. The van der Waals surface area contributed by atoms with Crippen molar-refractivity contribution in [2.24, 2.45) is 0 Å². The van der Waals surface area contributed by atoms with Gasteiger partial charge in [-0.15, -0.1) is 11.3 Å². The molecule has 6 heteroatoms. The van der Waals surface area contributed by atoms with Crippen LogP contribution in [0.3, 0.4) is 0 Å². The summed E-state index contributed by atoms with van der Waals surface area (Å²) in [4.78, 5) is 19.3. The Morgan fingerprint density at radius 2 is 2.00 bits per heavy atom. The van der Waals surface area contributed by atoms with Crippen LogP contribution in [-0.4, -0.2) is 16.1 Å². The Morgan fingerprint density at radius 1 is 1.23 bits per heavy atom. The number of carbonyl (C=O) groups excluding carboxylic acids is 1. The Bertz CT molecular complexity index is 1210. The zero-order valence-electron chi connectivity index (χ0n) is 18.5. The summed E-state index contributed by atoms with van der Waals surface area (Å²) in [6.07, 6.45) is 4.91. The molecule has 1 amide bonds. The number of anilines is 1. The molecule has 4 rings (SSSR count). The minimum absolute atomic E-state index is 0.0530. The Labute approximate surface area is 192 Å². The first-order valence-corrected chi connectivity index (χ1v) is 12.5. The summed E-state index contributed by atoms with van der Waals surface area (Å²) >= 11 is 3.08. The molecule has 1 atom stereocenters. The van der Waals surface area contributed by atoms with Crippen molar-refractivity contribution in [1.82, 2.24) is 4.98 Å².